The standard InChI is InChI=1S/C11H13NO.C3H8.CH4O/c13-11-7-4-8-12(11)9-10-5-2-1-3-6-10;1-3-2;1-2/h1-3,5-6H,4,7-9H2;3H2,1-2H3;2H,1H3. The molecule has 0 bridgehead atoms. The maximum atomic E-state index is 11.3. The molecule has 2 rings (SSSR count). The van der Waals surface area contributed by atoms with Gasteiger partial charge in [0.1, 0.15) is 0 Å². The average Bonchev–Trinajstić information content (AvgIpc) is 2.80. The van der Waals surface area contributed by atoms with Gasteiger partial charge in [0.15, 0.2) is 0 Å². The maximum Gasteiger partial charge on any atom is 0.222 e. The summed E-state index contributed by atoms with van der Waals surface area (Å²) in [4.78, 5) is 13.2. The topological polar surface area (TPSA) is 40.5 Å². The minimum absolute atomic E-state index is 0.295. The first-order valence-electron chi connectivity index (χ1n) is 6.54. The molecule has 102 valence electrons. The van der Waals surface area contributed by atoms with Crippen LogP contribution in [0.5, 0.6) is 0 Å². The van der Waals surface area contributed by atoms with Crippen molar-refractivity contribution in [3.63, 3.8) is 0 Å². The molecule has 1 fully saturated rings. The number of nitrogens with zero attached hydrogens (tertiary/aromatic N) is 1. The normalized spacial score (nSPS) is 13.3. The number of hydrogen-bond donors (Lipinski definition) is 1. The molecule has 1 heterocycles. The predicted octanol–water partition coefficient (Wildman–Crippen LogP) is 2.83. The molecule has 0 unspecified atom stereocenters. The fourth-order valence-corrected chi connectivity index (χ4v) is 1.67. The van der Waals surface area contributed by atoms with Crippen LogP contribution in [0, 0.1) is 0 Å². The highest BCUT2D eigenvalue weighted by Gasteiger charge is 2.19. The lowest BCUT2D eigenvalue weighted by atomic mass is 10.2. The summed E-state index contributed by atoms with van der Waals surface area (Å²) in [5, 5.41) is 7.00. The van der Waals surface area contributed by atoms with Crippen LogP contribution in [0.25, 0.3) is 0 Å². The molecule has 1 amide bonds. The quantitative estimate of drug-likeness (QED) is 0.878. The van der Waals surface area contributed by atoms with E-state index < -0.39 is 0 Å². The number of likely N-dealkylation sites (tertiary alicyclic amines) is 1. The van der Waals surface area contributed by atoms with Crippen molar-refractivity contribution in [3.05, 3.63) is 35.9 Å². The van der Waals surface area contributed by atoms with Crippen molar-refractivity contribution in [3.8, 4) is 0 Å². The van der Waals surface area contributed by atoms with Crippen LogP contribution in [0.4, 0.5) is 0 Å². The fourth-order valence-electron chi connectivity index (χ4n) is 1.67. The lowest BCUT2D eigenvalue weighted by Crippen LogP contribution is -2.23. The third-order valence-corrected chi connectivity index (χ3v) is 2.39. The lowest BCUT2D eigenvalue weighted by molar-refractivity contribution is -0.128. The van der Waals surface area contributed by atoms with Gasteiger partial charge in [0.05, 0.1) is 0 Å². The number of hydrogen-bond acceptors (Lipinski definition) is 2. The molecule has 1 aromatic rings. The number of amides is 1. The molecule has 0 aromatic heterocycles. The van der Waals surface area contributed by atoms with E-state index in [0.717, 1.165) is 33.0 Å². The molecule has 1 aliphatic heterocycles. The Hall–Kier alpha value is -1.35. The highest BCUT2D eigenvalue weighted by Crippen LogP contribution is 2.13. The molecular weight excluding hydrogens is 226 g/mol. The Bertz CT molecular complexity index is 312. The van der Waals surface area contributed by atoms with Crippen LogP contribution in [0.15, 0.2) is 30.3 Å². The Balaban J connectivity index is 0.000000509. The minimum atomic E-state index is 0.295. The SMILES string of the molecule is CCC.CO.O=C1CCCN1Cc1ccccc1. The molecule has 0 saturated carbocycles. The molecule has 1 aromatic carbocycles. The smallest absolute Gasteiger partial charge is 0.222 e. The van der Waals surface area contributed by atoms with Gasteiger partial charge in [-0.3, -0.25) is 4.79 Å². The summed E-state index contributed by atoms with van der Waals surface area (Å²) in [7, 11) is 1.00. The van der Waals surface area contributed by atoms with Crippen molar-refractivity contribution in [2.24, 2.45) is 0 Å². The third-order valence-electron chi connectivity index (χ3n) is 2.39. The van der Waals surface area contributed by atoms with Crippen LogP contribution in [0.3, 0.4) is 0 Å². The molecule has 1 N–H and O–H groups in total. The van der Waals surface area contributed by atoms with Crippen LogP contribution >= 0.6 is 0 Å². The predicted molar refractivity (Wildman–Crippen MR) is 75.2 cm³/mol. The van der Waals surface area contributed by atoms with Crippen LogP contribution in [-0.2, 0) is 11.3 Å². The van der Waals surface area contributed by atoms with E-state index in [1.807, 2.05) is 23.1 Å². The highest BCUT2D eigenvalue weighted by molar-refractivity contribution is 5.78. The number of aliphatic hydroxyl groups is 1. The van der Waals surface area contributed by atoms with Crippen molar-refractivity contribution in [1.82, 2.24) is 4.90 Å². The maximum absolute atomic E-state index is 11.3. The van der Waals surface area contributed by atoms with Crippen molar-refractivity contribution >= 4 is 5.91 Å². The molecule has 1 saturated heterocycles. The van der Waals surface area contributed by atoms with E-state index in [2.05, 4.69) is 26.0 Å². The Morgan fingerprint density at radius 3 is 2.17 bits per heavy atom. The summed E-state index contributed by atoms with van der Waals surface area (Å²) in [5.74, 6) is 0.295. The molecule has 0 spiro atoms. The third kappa shape index (κ3) is 6.40. The summed E-state index contributed by atoms with van der Waals surface area (Å²) in [6.07, 6.45) is 3.00. The Morgan fingerprint density at radius 2 is 1.72 bits per heavy atom. The van der Waals surface area contributed by atoms with E-state index in [1.54, 1.807) is 0 Å². The molecule has 3 nitrogen and oxygen atoms in total. The zero-order valence-electron chi connectivity index (χ0n) is 11.7. The van der Waals surface area contributed by atoms with Crippen molar-refractivity contribution in [2.45, 2.75) is 39.7 Å². The van der Waals surface area contributed by atoms with Gasteiger partial charge in [0.2, 0.25) is 5.91 Å². The van der Waals surface area contributed by atoms with E-state index in [4.69, 9.17) is 5.11 Å². The largest absolute Gasteiger partial charge is 0.400 e. The second kappa shape index (κ2) is 10.8. The van der Waals surface area contributed by atoms with Gasteiger partial charge in [0.25, 0.3) is 0 Å². The number of carbonyl (C=O) groups is 1. The van der Waals surface area contributed by atoms with Crippen LogP contribution in [-0.4, -0.2) is 29.6 Å². The first-order valence-corrected chi connectivity index (χ1v) is 6.54. The lowest BCUT2D eigenvalue weighted by Gasteiger charge is -2.14. The highest BCUT2D eigenvalue weighted by atomic mass is 16.2. The zero-order chi connectivity index (χ0) is 13.8. The number of carbonyl (C=O) groups excluding carboxylic acids is 1. The number of rotatable bonds is 2. The summed E-state index contributed by atoms with van der Waals surface area (Å²) >= 11 is 0. The van der Waals surface area contributed by atoms with Gasteiger partial charge in [-0.2, -0.15) is 0 Å². The monoisotopic (exact) mass is 251 g/mol. The molecule has 1 aliphatic rings. The van der Waals surface area contributed by atoms with Gasteiger partial charge < -0.3 is 10.0 Å². The van der Waals surface area contributed by atoms with Crippen molar-refractivity contribution in [1.29, 1.82) is 0 Å². The van der Waals surface area contributed by atoms with Gasteiger partial charge in [-0.15, -0.1) is 0 Å². The summed E-state index contributed by atoms with van der Waals surface area (Å²) < 4.78 is 0. The summed E-state index contributed by atoms with van der Waals surface area (Å²) in [6, 6.07) is 10.1. The fraction of sp³-hybridized carbons (Fsp3) is 0.533. The van der Waals surface area contributed by atoms with Gasteiger partial charge >= 0.3 is 0 Å². The minimum Gasteiger partial charge on any atom is -0.400 e. The molecule has 0 radical (unpaired) electrons. The van der Waals surface area contributed by atoms with Gasteiger partial charge in [-0.25, -0.2) is 0 Å². The van der Waals surface area contributed by atoms with Gasteiger partial charge in [-0.05, 0) is 12.0 Å². The van der Waals surface area contributed by atoms with E-state index in [1.165, 1.54) is 12.0 Å². The van der Waals surface area contributed by atoms with Gasteiger partial charge in [-0.1, -0.05) is 50.6 Å². The Morgan fingerprint density at radius 1 is 1.17 bits per heavy atom. The van der Waals surface area contributed by atoms with Crippen molar-refractivity contribution < 1.29 is 9.90 Å². The van der Waals surface area contributed by atoms with Crippen molar-refractivity contribution in [2.75, 3.05) is 13.7 Å². The van der Waals surface area contributed by atoms with Crippen LogP contribution in [0.2, 0.25) is 0 Å². The average molecular weight is 251 g/mol. The molecular formula is C15H25NO2. The first kappa shape index (κ1) is 16.6. The Labute approximate surface area is 110 Å². The number of benzene rings is 1. The van der Waals surface area contributed by atoms with E-state index in [9.17, 15) is 4.79 Å². The zero-order valence-corrected chi connectivity index (χ0v) is 11.7. The molecule has 0 atom stereocenters. The molecule has 18 heavy (non-hydrogen) atoms. The van der Waals surface area contributed by atoms with E-state index >= 15 is 0 Å². The Kier molecular flexibility index (Phi) is 9.97. The summed E-state index contributed by atoms with van der Waals surface area (Å²) in [6.45, 7) is 5.95. The first-order chi connectivity index (χ1) is 8.77. The second-order valence-electron chi connectivity index (χ2n) is 4.11. The summed E-state index contributed by atoms with van der Waals surface area (Å²) in [5.41, 5.74) is 1.22. The van der Waals surface area contributed by atoms with Crippen LogP contribution < -0.4 is 0 Å². The van der Waals surface area contributed by atoms with Crippen LogP contribution in [0.1, 0.15) is 38.7 Å². The number of aliphatic hydroxyl groups excluding tert-OH is 1. The second-order valence-corrected chi connectivity index (χ2v) is 4.11. The van der Waals surface area contributed by atoms with E-state index in [0.29, 0.717) is 5.91 Å². The van der Waals surface area contributed by atoms with Gasteiger partial charge in [0, 0.05) is 26.6 Å². The molecule has 3 heteroatoms. The van der Waals surface area contributed by atoms with E-state index in [-0.39, 0.29) is 0 Å². The molecule has 0 aliphatic carbocycles.